The maximum Gasteiger partial charge on any atom is 0.410 e. The van der Waals surface area contributed by atoms with E-state index in [4.69, 9.17) is 9.84 Å². The molecule has 0 aromatic rings. The molecule has 1 aliphatic rings. The Hall–Kier alpha value is -0.770. The van der Waals surface area contributed by atoms with Crippen molar-refractivity contribution in [2.45, 2.75) is 78.9 Å². The zero-order chi connectivity index (χ0) is 16.0. The summed E-state index contributed by atoms with van der Waals surface area (Å²) >= 11 is 0. The SMILES string of the molecule is CC.CC(C)(C)OC(=O)N1CC(CCCO)CC1(C)C. The highest BCUT2D eigenvalue weighted by atomic mass is 16.6. The molecular weight excluding hydrogens is 254 g/mol. The van der Waals surface area contributed by atoms with Gasteiger partial charge >= 0.3 is 6.09 Å². The van der Waals surface area contributed by atoms with E-state index < -0.39 is 5.60 Å². The smallest absolute Gasteiger partial charge is 0.410 e. The molecule has 0 radical (unpaired) electrons. The molecule has 1 heterocycles. The Morgan fingerprint density at radius 3 is 2.35 bits per heavy atom. The lowest BCUT2D eigenvalue weighted by atomic mass is 9.93. The van der Waals surface area contributed by atoms with Crippen LogP contribution in [0.2, 0.25) is 0 Å². The molecule has 0 aliphatic carbocycles. The second-order valence-corrected chi connectivity index (χ2v) is 6.84. The van der Waals surface area contributed by atoms with Gasteiger partial charge < -0.3 is 14.7 Å². The van der Waals surface area contributed by atoms with Gasteiger partial charge in [-0.05, 0) is 59.8 Å². The number of hydrogen-bond donors (Lipinski definition) is 1. The summed E-state index contributed by atoms with van der Waals surface area (Å²) in [5.74, 6) is 0.472. The summed E-state index contributed by atoms with van der Waals surface area (Å²) in [5.41, 5.74) is -0.598. The fraction of sp³-hybridized carbons (Fsp3) is 0.938. The highest BCUT2D eigenvalue weighted by molar-refractivity contribution is 5.69. The summed E-state index contributed by atoms with van der Waals surface area (Å²) in [6, 6.07) is 0. The maximum atomic E-state index is 12.2. The second kappa shape index (κ2) is 7.87. The number of carbonyl (C=O) groups excluding carboxylic acids is 1. The topological polar surface area (TPSA) is 49.8 Å². The third-order valence-electron chi connectivity index (χ3n) is 3.34. The van der Waals surface area contributed by atoms with Crippen LogP contribution in [-0.2, 0) is 4.74 Å². The van der Waals surface area contributed by atoms with E-state index in [-0.39, 0.29) is 18.2 Å². The van der Waals surface area contributed by atoms with Crippen LogP contribution < -0.4 is 0 Å². The van der Waals surface area contributed by atoms with Crippen molar-refractivity contribution in [3.63, 3.8) is 0 Å². The first-order valence-electron chi connectivity index (χ1n) is 7.77. The molecule has 0 bridgehead atoms. The number of amides is 1. The van der Waals surface area contributed by atoms with Crippen LogP contribution in [0.5, 0.6) is 0 Å². The third-order valence-corrected chi connectivity index (χ3v) is 3.34. The molecule has 1 unspecified atom stereocenters. The third kappa shape index (κ3) is 6.12. The van der Waals surface area contributed by atoms with E-state index in [1.54, 1.807) is 0 Å². The normalized spacial score (nSPS) is 21.2. The number of nitrogens with zero attached hydrogens (tertiary/aromatic N) is 1. The minimum absolute atomic E-state index is 0.150. The van der Waals surface area contributed by atoms with Crippen molar-refractivity contribution in [2.24, 2.45) is 5.92 Å². The Bertz CT molecular complexity index is 295. The number of aliphatic hydroxyl groups is 1. The molecule has 1 saturated heterocycles. The monoisotopic (exact) mass is 287 g/mol. The average Bonchev–Trinajstić information content (AvgIpc) is 2.62. The van der Waals surface area contributed by atoms with Crippen molar-refractivity contribution in [1.82, 2.24) is 4.90 Å². The standard InChI is InChI=1S/C14H27NO3.C2H6/c1-13(2,3)18-12(17)15-10-11(7-6-8-16)9-14(15,4)5;1-2/h11,16H,6-10H2,1-5H3;1-2H3. The summed E-state index contributed by atoms with van der Waals surface area (Å²) in [6.07, 6.45) is 2.54. The first-order chi connectivity index (χ1) is 9.15. The molecule has 0 aromatic carbocycles. The van der Waals surface area contributed by atoms with Crippen LogP contribution in [0.4, 0.5) is 4.79 Å². The number of rotatable bonds is 3. The minimum Gasteiger partial charge on any atom is -0.444 e. The van der Waals surface area contributed by atoms with Crippen molar-refractivity contribution >= 4 is 6.09 Å². The molecule has 20 heavy (non-hydrogen) atoms. The van der Waals surface area contributed by atoms with Gasteiger partial charge in [-0.2, -0.15) is 0 Å². The molecule has 1 atom stereocenters. The van der Waals surface area contributed by atoms with Gasteiger partial charge in [0.25, 0.3) is 0 Å². The van der Waals surface area contributed by atoms with Gasteiger partial charge in [0.1, 0.15) is 5.60 Å². The summed E-state index contributed by atoms with van der Waals surface area (Å²) in [4.78, 5) is 14.0. The molecular formula is C16H33NO3. The van der Waals surface area contributed by atoms with E-state index in [2.05, 4.69) is 13.8 Å². The van der Waals surface area contributed by atoms with E-state index in [0.717, 1.165) is 25.8 Å². The van der Waals surface area contributed by atoms with Crippen molar-refractivity contribution in [2.75, 3.05) is 13.2 Å². The minimum atomic E-state index is -0.448. The molecule has 0 spiro atoms. The first-order valence-corrected chi connectivity index (χ1v) is 7.77. The van der Waals surface area contributed by atoms with Crippen LogP contribution in [0.25, 0.3) is 0 Å². The maximum absolute atomic E-state index is 12.2. The van der Waals surface area contributed by atoms with Gasteiger partial charge in [0.2, 0.25) is 0 Å². The lowest BCUT2D eigenvalue weighted by Crippen LogP contribution is -2.45. The molecule has 4 heteroatoms. The van der Waals surface area contributed by atoms with E-state index in [1.165, 1.54) is 0 Å². The number of aliphatic hydroxyl groups excluding tert-OH is 1. The Morgan fingerprint density at radius 1 is 1.35 bits per heavy atom. The predicted molar refractivity (Wildman–Crippen MR) is 82.8 cm³/mol. The second-order valence-electron chi connectivity index (χ2n) is 6.84. The summed E-state index contributed by atoms with van der Waals surface area (Å²) in [7, 11) is 0. The molecule has 1 rings (SSSR count). The van der Waals surface area contributed by atoms with Crippen LogP contribution >= 0.6 is 0 Å². The fourth-order valence-electron chi connectivity index (χ4n) is 2.60. The molecule has 120 valence electrons. The van der Waals surface area contributed by atoms with Gasteiger partial charge in [-0.15, -0.1) is 0 Å². The molecule has 4 nitrogen and oxygen atoms in total. The van der Waals surface area contributed by atoms with Crippen LogP contribution in [0, 0.1) is 5.92 Å². The highest BCUT2D eigenvalue weighted by Gasteiger charge is 2.42. The Balaban J connectivity index is 0.00000172. The number of likely N-dealkylation sites (tertiary alicyclic amines) is 1. The summed E-state index contributed by atoms with van der Waals surface area (Å²) < 4.78 is 5.45. The lowest BCUT2D eigenvalue weighted by Gasteiger charge is -2.33. The highest BCUT2D eigenvalue weighted by Crippen LogP contribution is 2.35. The van der Waals surface area contributed by atoms with E-state index in [9.17, 15) is 4.79 Å². The summed E-state index contributed by atoms with van der Waals surface area (Å²) in [6.45, 7) is 14.8. The number of carbonyl (C=O) groups is 1. The van der Waals surface area contributed by atoms with E-state index >= 15 is 0 Å². The number of ether oxygens (including phenoxy) is 1. The van der Waals surface area contributed by atoms with E-state index in [1.807, 2.05) is 39.5 Å². The van der Waals surface area contributed by atoms with Crippen molar-refractivity contribution in [3.8, 4) is 0 Å². The Labute approximate surface area is 124 Å². The molecule has 0 aromatic heterocycles. The molecule has 1 N–H and O–H groups in total. The van der Waals surface area contributed by atoms with Crippen molar-refractivity contribution in [3.05, 3.63) is 0 Å². The zero-order valence-corrected chi connectivity index (χ0v) is 14.3. The van der Waals surface area contributed by atoms with Crippen LogP contribution in [0.15, 0.2) is 0 Å². The van der Waals surface area contributed by atoms with Gasteiger partial charge in [0.05, 0.1) is 0 Å². The number of hydrogen-bond acceptors (Lipinski definition) is 3. The van der Waals surface area contributed by atoms with Gasteiger partial charge in [-0.3, -0.25) is 0 Å². The fourth-order valence-corrected chi connectivity index (χ4v) is 2.60. The zero-order valence-electron chi connectivity index (χ0n) is 14.3. The van der Waals surface area contributed by atoms with Crippen LogP contribution in [0.1, 0.15) is 67.7 Å². The summed E-state index contributed by atoms with van der Waals surface area (Å²) in [5, 5.41) is 8.88. The lowest BCUT2D eigenvalue weighted by molar-refractivity contribution is 0.0131. The quantitative estimate of drug-likeness (QED) is 0.858. The Kier molecular flexibility index (Phi) is 7.56. The van der Waals surface area contributed by atoms with Crippen LogP contribution in [-0.4, -0.2) is 40.4 Å². The molecule has 1 fully saturated rings. The predicted octanol–water partition coefficient (Wildman–Crippen LogP) is 3.82. The molecule has 0 saturated carbocycles. The molecule has 1 amide bonds. The largest absolute Gasteiger partial charge is 0.444 e. The van der Waals surface area contributed by atoms with E-state index in [0.29, 0.717) is 5.92 Å². The van der Waals surface area contributed by atoms with Gasteiger partial charge in [0.15, 0.2) is 0 Å². The van der Waals surface area contributed by atoms with Gasteiger partial charge in [-0.25, -0.2) is 4.79 Å². The van der Waals surface area contributed by atoms with Crippen molar-refractivity contribution in [1.29, 1.82) is 0 Å². The first kappa shape index (κ1) is 19.2. The van der Waals surface area contributed by atoms with Gasteiger partial charge in [0, 0.05) is 18.7 Å². The van der Waals surface area contributed by atoms with Gasteiger partial charge in [-0.1, -0.05) is 13.8 Å². The van der Waals surface area contributed by atoms with Crippen molar-refractivity contribution < 1.29 is 14.6 Å². The van der Waals surface area contributed by atoms with Crippen LogP contribution in [0.3, 0.4) is 0 Å². The molecule has 1 aliphatic heterocycles. The average molecular weight is 287 g/mol. The Morgan fingerprint density at radius 2 is 1.90 bits per heavy atom.